The molecule has 0 radical (unpaired) electrons. The summed E-state index contributed by atoms with van der Waals surface area (Å²) in [6, 6.07) is 21.7. The first-order chi connectivity index (χ1) is 14.9. The summed E-state index contributed by atoms with van der Waals surface area (Å²) in [5, 5.41) is 5.06. The minimum absolute atomic E-state index is 0.154. The second kappa shape index (κ2) is 7.50. The van der Waals surface area contributed by atoms with Gasteiger partial charge in [-0.05, 0) is 71.8 Å². The molecule has 0 amide bonds. The normalized spacial score (nSPS) is 16.7. The largest absolute Gasteiger partial charge is 0.294 e. The van der Waals surface area contributed by atoms with Crippen LogP contribution in [0.25, 0.3) is 27.6 Å². The van der Waals surface area contributed by atoms with Gasteiger partial charge in [0.05, 0.1) is 0 Å². The highest BCUT2D eigenvalue weighted by Crippen LogP contribution is 2.33. The molecule has 0 bridgehead atoms. The van der Waals surface area contributed by atoms with Crippen molar-refractivity contribution in [1.29, 1.82) is 0 Å². The fourth-order valence-electron chi connectivity index (χ4n) is 5.03. The Labute approximate surface area is 184 Å². The van der Waals surface area contributed by atoms with Crippen LogP contribution in [0.5, 0.6) is 0 Å². The lowest BCUT2D eigenvalue weighted by Crippen LogP contribution is -2.03. The van der Waals surface area contributed by atoms with Gasteiger partial charge in [-0.15, -0.1) is 0 Å². The molecule has 4 aromatic carbocycles. The molecule has 154 valence electrons. The van der Waals surface area contributed by atoms with Crippen LogP contribution >= 0.6 is 0 Å². The van der Waals surface area contributed by atoms with Crippen LogP contribution < -0.4 is 0 Å². The van der Waals surface area contributed by atoms with Crippen molar-refractivity contribution >= 4 is 33.4 Å². The van der Waals surface area contributed by atoms with Crippen molar-refractivity contribution in [2.75, 3.05) is 0 Å². The van der Waals surface area contributed by atoms with Crippen LogP contribution in [0.15, 0.2) is 66.2 Å². The molecule has 0 spiro atoms. The van der Waals surface area contributed by atoms with E-state index in [2.05, 4.69) is 87.5 Å². The first-order valence-corrected chi connectivity index (χ1v) is 11.2. The maximum Gasteiger partial charge on any atom is 0.166 e. The van der Waals surface area contributed by atoms with E-state index in [4.69, 9.17) is 0 Å². The van der Waals surface area contributed by atoms with Gasteiger partial charge in [-0.3, -0.25) is 4.79 Å². The van der Waals surface area contributed by atoms with Crippen molar-refractivity contribution in [2.45, 2.75) is 40.5 Å². The maximum absolute atomic E-state index is 12.1. The molecule has 0 saturated carbocycles. The van der Waals surface area contributed by atoms with Crippen molar-refractivity contribution < 1.29 is 4.79 Å². The molecule has 2 aliphatic rings. The number of benzene rings is 4. The van der Waals surface area contributed by atoms with Crippen molar-refractivity contribution in [3.8, 4) is 0 Å². The molecule has 0 aromatic heterocycles. The number of carbonyl (C=O) groups excluding carboxylic acids is 1. The maximum atomic E-state index is 12.1. The molecular weight excluding hydrogens is 376 g/mol. The van der Waals surface area contributed by atoms with E-state index < -0.39 is 0 Å². The quantitative estimate of drug-likeness (QED) is 0.294. The topological polar surface area (TPSA) is 17.1 Å². The Hall–Kier alpha value is -3.19. The fourth-order valence-corrected chi connectivity index (χ4v) is 5.03. The molecule has 31 heavy (non-hydrogen) atoms. The fraction of sp³-hybridized carbons (Fsp3) is 0.233. The molecule has 2 aliphatic carbocycles. The summed E-state index contributed by atoms with van der Waals surface area (Å²) >= 11 is 0. The molecule has 1 heteroatoms. The van der Waals surface area contributed by atoms with Crippen molar-refractivity contribution in [3.05, 3.63) is 99.6 Å². The third-order valence-corrected chi connectivity index (χ3v) is 6.65. The lowest BCUT2D eigenvalue weighted by molar-refractivity contribution is 0.0947. The summed E-state index contributed by atoms with van der Waals surface area (Å²) in [6.45, 7) is 8.46. The SMILES string of the molecule is CC1=Cc2c(ccc3ccc(C)cc23)C1.Cc1ccc2ccc3c(c2c1)C(=O)C(C)C3. The van der Waals surface area contributed by atoms with E-state index in [0.29, 0.717) is 5.78 Å². The van der Waals surface area contributed by atoms with Crippen molar-refractivity contribution in [3.63, 3.8) is 0 Å². The third-order valence-electron chi connectivity index (χ3n) is 6.65. The molecule has 1 unspecified atom stereocenters. The smallest absolute Gasteiger partial charge is 0.166 e. The van der Waals surface area contributed by atoms with Crippen LogP contribution in [-0.2, 0) is 12.8 Å². The van der Waals surface area contributed by atoms with Gasteiger partial charge in [0.2, 0.25) is 0 Å². The van der Waals surface area contributed by atoms with Gasteiger partial charge in [0.25, 0.3) is 0 Å². The first kappa shape index (κ1) is 19.8. The molecule has 0 fully saturated rings. The zero-order valence-corrected chi connectivity index (χ0v) is 18.8. The van der Waals surface area contributed by atoms with E-state index in [9.17, 15) is 4.79 Å². The Balaban J connectivity index is 0.000000132. The Morgan fingerprint density at radius 2 is 1.32 bits per heavy atom. The van der Waals surface area contributed by atoms with Gasteiger partial charge in [0, 0.05) is 11.5 Å². The zero-order valence-electron chi connectivity index (χ0n) is 18.8. The summed E-state index contributed by atoms with van der Waals surface area (Å²) < 4.78 is 0. The molecule has 0 N–H and O–H groups in total. The second-order valence-electron chi connectivity index (χ2n) is 9.32. The second-order valence-corrected chi connectivity index (χ2v) is 9.32. The standard InChI is InChI=1S/C15H14O.C15H14/c1-9-3-4-11-5-6-12-8-10(2)15(16)14(12)13(11)7-9;1-10-3-4-12-5-6-13-7-11(2)9-15(13)14(12)8-10/h3-7,10H,8H2,1-2H3;3-6,8-9H,7H2,1-2H3. The lowest BCUT2D eigenvalue weighted by atomic mass is 9.98. The van der Waals surface area contributed by atoms with Gasteiger partial charge in [-0.2, -0.15) is 0 Å². The molecule has 1 atom stereocenters. The van der Waals surface area contributed by atoms with Gasteiger partial charge < -0.3 is 0 Å². The van der Waals surface area contributed by atoms with Crippen molar-refractivity contribution in [2.24, 2.45) is 5.92 Å². The van der Waals surface area contributed by atoms with Crippen LogP contribution in [0.4, 0.5) is 0 Å². The number of Topliss-reactive ketones (excluding diaryl/α,β-unsaturated/α-hetero) is 1. The van der Waals surface area contributed by atoms with Crippen molar-refractivity contribution in [1.82, 2.24) is 0 Å². The Bertz CT molecular complexity index is 1390. The highest BCUT2D eigenvalue weighted by atomic mass is 16.1. The van der Waals surface area contributed by atoms with Crippen LogP contribution in [0.3, 0.4) is 0 Å². The predicted octanol–water partition coefficient (Wildman–Crippen LogP) is 7.63. The van der Waals surface area contributed by atoms with E-state index in [1.54, 1.807) is 0 Å². The highest BCUT2D eigenvalue weighted by molar-refractivity contribution is 6.12. The van der Waals surface area contributed by atoms with Crippen LogP contribution in [0, 0.1) is 19.8 Å². The average Bonchev–Trinajstić information content (AvgIpc) is 3.27. The van der Waals surface area contributed by atoms with Gasteiger partial charge in [0.1, 0.15) is 0 Å². The first-order valence-electron chi connectivity index (χ1n) is 11.2. The molecule has 4 aromatic rings. The summed E-state index contributed by atoms with van der Waals surface area (Å²) in [6.07, 6.45) is 4.36. The number of hydrogen-bond acceptors (Lipinski definition) is 1. The minimum atomic E-state index is 0.154. The Kier molecular flexibility index (Phi) is 4.78. The Morgan fingerprint density at radius 1 is 0.742 bits per heavy atom. The number of hydrogen-bond donors (Lipinski definition) is 0. The number of allylic oxidation sites excluding steroid dienone is 1. The van der Waals surface area contributed by atoms with Crippen LogP contribution in [-0.4, -0.2) is 5.78 Å². The van der Waals surface area contributed by atoms with E-state index >= 15 is 0 Å². The lowest BCUT2D eigenvalue weighted by Gasteiger charge is -2.05. The van der Waals surface area contributed by atoms with E-state index in [1.165, 1.54) is 49.5 Å². The molecule has 0 aliphatic heterocycles. The van der Waals surface area contributed by atoms with Gasteiger partial charge in [-0.25, -0.2) is 0 Å². The zero-order chi connectivity index (χ0) is 21.7. The summed E-state index contributed by atoms with van der Waals surface area (Å²) in [7, 11) is 0. The summed E-state index contributed by atoms with van der Waals surface area (Å²) in [4.78, 5) is 12.1. The molecule has 6 rings (SSSR count). The molecular formula is C30H28O. The minimum Gasteiger partial charge on any atom is -0.294 e. The molecule has 0 heterocycles. The van der Waals surface area contributed by atoms with E-state index in [0.717, 1.165) is 23.8 Å². The molecule has 1 nitrogen and oxygen atoms in total. The van der Waals surface area contributed by atoms with Crippen LogP contribution in [0.1, 0.15) is 52.0 Å². The number of carbonyl (C=O) groups is 1. The molecule has 0 saturated heterocycles. The number of aryl methyl sites for hydroxylation is 2. The van der Waals surface area contributed by atoms with Gasteiger partial charge in [-0.1, -0.05) is 90.4 Å². The predicted molar refractivity (Wildman–Crippen MR) is 132 cm³/mol. The van der Waals surface area contributed by atoms with E-state index in [-0.39, 0.29) is 5.92 Å². The van der Waals surface area contributed by atoms with E-state index in [1.807, 2.05) is 6.92 Å². The monoisotopic (exact) mass is 404 g/mol. The highest BCUT2D eigenvalue weighted by Gasteiger charge is 2.28. The number of fused-ring (bicyclic) bond motifs is 6. The number of rotatable bonds is 0. The summed E-state index contributed by atoms with van der Waals surface area (Å²) in [5.41, 5.74) is 9.13. The average molecular weight is 405 g/mol. The van der Waals surface area contributed by atoms with Gasteiger partial charge >= 0.3 is 0 Å². The Morgan fingerprint density at radius 3 is 2.03 bits per heavy atom. The van der Waals surface area contributed by atoms with Crippen LogP contribution in [0.2, 0.25) is 0 Å². The third kappa shape index (κ3) is 3.49. The number of ketones is 1. The summed E-state index contributed by atoms with van der Waals surface area (Å²) in [5.74, 6) is 0.465. The van der Waals surface area contributed by atoms with Gasteiger partial charge in [0.15, 0.2) is 5.78 Å².